The van der Waals surface area contributed by atoms with E-state index in [4.69, 9.17) is 0 Å². The van der Waals surface area contributed by atoms with Gasteiger partial charge in [0.1, 0.15) is 5.69 Å². The molecule has 1 aromatic carbocycles. The summed E-state index contributed by atoms with van der Waals surface area (Å²) in [6.07, 6.45) is 4.56. The van der Waals surface area contributed by atoms with Crippen molar-refractivity contribution in [3.8, 4) is 0 Å². The number of hydrogen-bond donors (Lipinski definition) is 0. The van der Waals surface area contributed by atoms with E-state index < -0.39 is 0 Å². The summed E-state index contributed by atoms with van der Waals surface area (Å²) in [5.41, 5.74) is 2.34. The minimum atomic E-state index is -0.158. The molecule has 0 saturated heterocycles. The number of amides is 1. The van der Waals surface area contributed by atoms with Crippen molar-refractivity contribution >= 4 is 11.6 Å². The number of hydrogen-bond acceptors (Lipinski definition) is 3. The van der Waals surface area contributed by atoms with Crippen LogP contribution in [0.15, 0.2) is 42.9 Å². The van der Waals surface area contributed by atoms with E-state index in [1.165, 1.54) is 12.4 Å². The largest absolute Gasteiger partial charge is 0.310 e. The Bertz CT molecular complexity index is 603. The van der Waals surface area contributed by atoms with Gasteiger partial charge in [-0.1, -0.05) is 39.0 Å². The molecule has 2 rings (SSSR count). The van der Waals surface area contributed by atoms with Gasteiger partial charge in [0, 0.05) is 25.1 Å². The number of rotatable bonds is 2. The second-order valence-electron chi connectivity index (χ2n) is 5.72. The quantitative estimate of drug-likeness (QED) is 0.841. The monoisotopic (exact) mass is 269 g/mol. The Morgan fingerprint density at radius 1 is 1.15 bits per heavy atom. The average Bonchev–Trinajstić information content (AvgIpc) is 2.46. The Kier molecular flexibility index (Phi) is 3.84. The second kappa shape index (κ2) is 5.41. The maximum Gasteiger partial charge on any atom is 0.278 e. The fourth-order valence-electron chi connectivity index (χ4n) is 2.09. The molecule has 0 N–H and O–H groups in total. The molecule has 4 nitrogen and oxygen atoms in total. The van der Waals surface area contributed by atoms with Crippen molar-refractivity contribution in [3.05, 3.63) is 54.1 Å². The minimum Gasteiger partial charge on any atom is -0.310 e. The van der Waals surface area contributed by atoms with Gasteiger partial charge in [-0.2, -0.15) is 0 Å². The predicted molar refractivity (Wildman–Crippen MR) is 79.9 cm³/mol. The Morgan fingerprint density at radius 2 is 1.85 bits per heavy atom. The van der Waals surface area contributed by atoms with Gasteiger partial charge in [-0.3, -0.25) is 9.78 Å². The van der Waals surface area contributed by atoms with E-state index in [1.54, 1.807) is 18.1 Å². The van der Waals surface area contributed by atoms with E-state index in [0.717, 1.165) is 11.3 Å². The van der Waals surface area contributed by atoms with Crippen LogP contribution in [0.3, 0.4) is 0 Å². The Balaban J connectivity index is 2.40. The van der Waals surface area contributed by atoms with Crippen molar-refractivity contribution in [1.82, 2.24) is 9.97 Å². The molecule has 0 fully saturated rings. The predicted octanol–water partition coefficient (Wildman–Crippen LogP) is 3.05. The van der Waals surface area contributed by atoms with Gasteiger partial charge in [0.25, 0.3) is 5.91 Å². The SMILES string of the molecule is CN(C(=O)c1cnccn1)c1ccccc1C(C)(C)C. The summed E-state index contributed by atoms with van der Waals surface area (Å²) in [5.74, 6) is -0.158. The summed E-state index contributed by atoms with van der Waals surface area (Å²) in [5, 5.41) is 0. The minimum absolute atomic E-state index is 0.0342. The van der Waals surface area contributed by atoms with Crippen LogP contribution >= 0.6 is 0 Å². The molecular weight excluding hydrogens is 250 g/mol. The molecule has 0 radical (unpaired) electrons. The molecule has 0 saturated carbocycles. The fourth-order valence-corrected chi connectivity index (χ4v) is 2.09. The van der Waals surface area contributed by atoms with Crippen LogP contribution in [0.4, 0.5) is 5.69 Å². The van der Waals surface area contributed by atoms with Gasteiger partial charge in [-0.15, -0.1) is 0 Å². The third kappa shape index (κ3) is 2.85. The van der Waals surface area contributed by atoms with E-state index >= 15 is 0 Å². The number of nitrogens with zero attached hydrogens (tertiary/aromatic N) is 3. The number of anilines is 1. The molecule has 0 bridgehead atoms. The molecule has 4 heteroatoms. The number of para-hydroxylation sites is 1. The summed E-state index contributed by atoms with van der Waals surface area (Å²) in [6, 6.07) is 7.93. The first-order valence-corrected chi connectivity index (χ1v) is 6.55. The van der Waals surface area contributed by atoms with E-state index in [1.807, 2.05) is 18.2 Å². The normalized spacial score (nSPS) is 11.2. The van der Waals surface area contributed by atoms with Gasteiger partial charge in [-0.25, -0.2) is 4.98 Å². The van der Waals surface area contributed by atoms with Crippen LogP contribution in [-0.2, 0) is 5.41 Å². The lowest BCUT2D eigenvalue weighted by molar-refractivity contribution is 0.0987. The topological polar surface area (TPSA) is 46.1 Å². The highest BCUT2D eigenvalue weighted by atomic mass is 16.2. The molecule has 104 valence electrons. The van der Waals surface area contributed by atoms with Crippen LogP contribution in [0.1, 0.15) is 36.8 Å². The summed E-state index contributed by atoms with van der Waals surface area (Å²) < 4.78 is 0. The smallest absolute Gasteiger partial charge is 0.278 e. The van der Waals surface area contributed by atoms with Crippen molar-refractivity contribution in [2.24, 2.45) is 0 Å². The van der Waals surface area contributed by atoms with Gasteiger partial charge < -0.3 is 4.90 Å². The molecule has 0 atom stereocenters. The molecule has 1 aromatic heterocycles. The zero-order chi connectivity index (χ0) is 14.8. The van der Waals surface area contributed by atoms with Crippen LogP contribution in [-0.4, -0.2) is 22.9 Å². The molecule has 0 unspecified atom stereocenters. The summed E-state index contributed by atoms with van der Waals surface area (Å²) in [4.78, 5) is 22.1. The average molecular weight is 269 g/mol. The molecule has 20 heavy (non-hydrogen) atoms. The highest BCUT2D eigenvalue weighted by Crippen LogP contribution is 2.31. The van der Waals surface area contributed by atoms with Crippen molar-refractivity contribution < 1.29 is 4.79 Å². The Hall–Kier alpha value is -2.23. The second-order valence-corrected chi connectivity index (χ2v) is 5.72. The van der Waals surface area contributed by atoms with Gasteiger partial charge in [-0.05, 0) is 17.0 Å². The standard InChI is InChI=1S/C16H19N3O/c1-16(2,3)12-7-5-6-8-14(12)19(4)15(20)13-11-17-9-10-18-13/h5-11H,1-4H3. The summed E-state index contributed by atoms with van der Waals surface area (Å²) in [7, 11) is 1.77. The molecule has 0 aliphatic rings. The van der Waals surface area contributed by atoms with Crippen molar-refractivity contribution in [2.45, 2.75) is 26.2 Å². The fraction of sp³-hybridized carbons (Fsp3) is 0.312. The zero-order valence-corrected chi connectivity index (χ0v) is 12.3. The molecule has 0 aliphatic carbocycles. The van der Waals surface area contributed by atoms with Crippen molar-refractivity contribution in [3.63, 3.8) is 0 Å². The van der Waals surface area contributed by atoms with E-state index in [2.05, 4.69) is 36.8 Å². The van der Waals surface area contributed by atoms with E-state index in [9.17, 15) is 4.79 Å². The maximum absolute atomic E-state index is 12.4. The molecule has 0 spiro atoms. The highest BCUT2D eigenvalue weighted by molar-refractivity contribution is 6.04. The van der Waals surface area contributed by atoms with Gasteiger partial charge >= 0.3 is 0 Å². The van der Waals surface area contributed by atoms with Crippen LogP contribution in [0.2, 0.25) is 0 Å². The maximum atomic E-state index is 12.4. The molecule has 2 aromatic rings. The van der Waals surface area contributed by atoms with Gasteiger partial charge in [0.15, 0.2) is 0 Å². The number of aromatic nitrogens is 2. The number of benzene rings is 1. The number of carbonyl (C=O) groups is 1. The summed E-state index contributed by atoms with van der Waals surface area (Å²) in [6.45, 7) is 6.39. The van der Waals surface area contributed by atoms with E-state index in [-0.39, 0.29) is 11.3 Å². The van der Waals surface area contributed by atoms with Crippen LogP contribution in [0.25, 0.3) is 0 Å². The Labute approximate surface area is 119 Å². The molecule has 1 heterocycles. The first kappa shape index (κ1) is 14.2. The van der Waals surface area contributed by atoms with Crippen molar-refractivity contribution in [2.75, 3.05) is 11.9 Å². The molecule has 1 amide bonds. The molecule has 0 aliphatic heterocycles. The van der Waals surface area contributed by atoms with Crippen LogP contribution in [0, 0.1) is 0 Å². The number of carbonyl (C=O) groups excluding carboxylic acids is 1. The Morgan fingerprint density at radius 3 is 2.45 bits per heavy atom. The lowest BCUT2D eigenvalue weighted by atomic mass is 9.85. The first-order valence-electron chi connectivity index (χ1n) is 6.55. The third-order valence-electron chi connectivity index (χ3n) is 3.16. The van der Waals surface area contributed by atoms with E-state index in [0.29, 0.717) is 5.69 Å². The third-order valence-corrected chi connectivity index (χ3v) is 3.16. The van der Waals surface area contributed by atoms with Crippen LogP contribution < -0.4 is 4.90 Å². The van der Waals surface area contributed by atoms with Gasteiger partial charge in [0.2, 0.25) is 0 Å². The lowest BCUT2D eigenvalue weighted by Crippen LogP contribution is -2.30. The summed E-state index contributed by atoms with van der Waals surface area (Å²) >= 11 is 0. The first-order chi connectivity index (χ1) is 9.41. The van der Waals surface area contributed by atoms with Crippen LogP contribution in [0.5, 0.6) is 0 Å². The van der Waals surface area contributed by atoms with Gasteiger partial charge in [0.05, 0.1) is 6.20 Å². The lowest BCUT2D eigenvalue weighted by Gasteiger charge is -2.27. The zero-order valence-electron chi connectivity index (χ0n) is 12.3. The highest BCUT2D eigenvalue weighted by Gasteiger charge is 2.23. The molecular formula is C16H19N3O. The van der Waals surface area contributed by atoms with Crippen molar-refractivity contribution in [1.29, 1.82) is 0 Å².